The molecule has 0 amide bonds. The van der Waals surface area contributed by atoms with Gasteiger partial charge in [0.15, 0.2) is 17.7 Å². The smallest absolute Gasteiger partial charge is 0.389 e. The molecule has 6 atom stereocenters. The Hall–Kier alpha value is -0.930. The Labute approximate surface area is 242 Å². The van der Waals surface area contributed by atoms with E-state index in [1.54, 1.807) is 41.5 Å². The van der Waals surface area contributed by atoms with Gasteiger partial charge < -0.3 is 10.8 Å². The van der Waals surface area contributed by atoms with Crippen LogP contribution >= 0.6 is 44.8 Å². The Balaban J connectivity index is 2.33. The van der Waals surface area contributed by atoms with Gasteiger partial charge in [-0.3, -0.25) is 27.7 Å². The molecule has 0 spiro atoms. The van der Waals surface area contributed by atoms with E-state index in [-0.39, 0.29) is 17.3 Å². The van der Waals surface area contributed by atoms with Crippen molar-refractivity contribution in [3.05, 3.63) is 22.7 Å². The van der Waals surface area contributed by atoms with Gasteiger partial charge in [0.05, 0.1) is 11.9 Å². The number of nitrogens with zero attached hydrogens (tertiary/aromatic N) is 2. The van der Waals surface area contributed by atoms with Crippen LogP contribution in [0.25, 0.3) is 0 Å². The fourth-order valence-corrected chi connectivity index (χ4v) is 7.25. The molecular weight excluding hydrogens is 592 g/mol. The lowest BCUT2D eigenvalue weighted by molar-refractivity contribution is -0.135. The van der Waals surface area contributed by atoms with Crippen LogP contribution in [0.5, 0.6) is 0 Å². The molecule has 1 aliphatic rings. The van der Waals surface area contributed by atoms with Crippen LogP contribution in [-0.2, 0) is 27.7 Å². The van der Waals surface area contributed by atoms with Crippen molar-refractivity contribution in [3.8, 4) is 0 Å². The highest BCUT2D eigenvalue weighted by Gasteiger charge is 2.48. The van der Waals surface area contributed by atoms with Crippen LogP contribution in [0.3, 0.4) is 0 Å². The average Bonchev–Trinajstić information content (AvgIpc) is 3.11. The number of phosphoric acid groups is 1. The van der Waals surface area contributed by atoms with E-state index in [0.717, 1.165) is 16.3 Å². The van der Waals surface area contributed by atoms with Crippen molar-refractivity contribution in [2.24, 2.45) is 10.8 Å². The Morgan fingerprint density at radius 1 is 1.15 bits per heavy atom. The standard InChI is InChI=1S/C23H37FN3O8PS3/c1-22(2,3)18(29)12(10-37)34-36(32,35-13(11-38)19(30)23(4,5)6)33-9-14-17(28)16(24)20(39-14)27-8-7-15(25)26-21(27)31/h7-8,12-14,16-17,20,28,37-38H,9-11H2,1-6H3,(H2,25,26,31)/t12-,13-,14-,16+,17-,20-/m1/s1. The number of aliphatic hydroxyl groups excluding tert-OH is 1. The highest BCUT2D eigenvalue weighted by molar-refractivity contribution is 8.00. The third-order valence-corrected chi connectivity index (χ3v) is 9.41. The van der Waals surface area contributed by atoms with Gasteiger partial charge in [-0.2, -0.15) is 30.2 Å². The predicted octanol–water partition coefficient (Wildman–Crippen LogP) is 3.12. The minimum Gasteiger partial charge on any atom is -0.389 e. The molecule has 1 saturated heterocycles. The van der Waals surface area contributed by atoms with Gasteiger partial charge in [0.1, 0.15) is 29.5 Å². The lowest BCUT2D eigenvalue weighted by Crippen LogP contribution is -2.38. The summed E-state index contributed by atoms with van der Waals surface area (Å²) < 4.78 is 46.6. The zero-order valence-electron chi connectivity index (χ0n) is 22.6. The minimum absolute atomic E-state index is 0.0441. The molecule has 16 heteroatoms. The second-order valence-electron chi connectivity index (χ2n) is 11.1. The summed E-state index contributed by atoms with van der Waals surface area (Å²) >= 11 is 9.14. The number of carbonyl (C=O) groups excluding carboxylic acids is 2. The summed E-state index contributed by atoms with van der Waals surface area (Å²) in [7, 11) is -4.70. The number of nitrogen functional groups attached to an aromatic ring is 1. The third kappa shape index (κ3) is 8.78. The Bertz CT molecular complexity index is 1100. The van der Waals surface area contributed by atoms with Crippen LogP contribution in [0.1, 0.15) is 46.9 Å². The van der Waals surface area contributed by atoms with Gasteiger partial charge >= 0.3 is 13.5 Å². The lowest BCUT2D eigenvalue weighted by atomic mass is 9.88. The Kier molecular flexibility index (Phi) is 11.7. The molecule has 1 aromatic rings. The number of rotatable bonds is 12. The quantitative estimate of drug-likeness (QED) is 0.199. The van der Waals surface area contributed by atoms with Crippen molar-refractivity contribution in [3.63, 3.8) is 0 Å². The maximum absolute atomic E-state index is 15.0. The first-order valence-electron chi connectivity index (χ1n) is 12.1. The fraction of sp³-hybridized carbons (Fsp3) is 0.739. The second kappa shape index (κ2) is 13.4. The SMILES string of the molecule is CC(C)(C)C(=O)[C@@H](CS)OP(=O)(OC[C@H]1S[C@@H](n2ccc(N)nc2=O)[C@@H](F)[C@@H]1O)O[C@H](CS)C(=O)C(C)(C)C. The van der Waals surface area contributed by atoms with Crippen LogP contribution in [0.4, 0.5) is 10.2 Å². The Morgan fingerprint density at radius 3 is 2.05 bits per heavy atom. The molecule has 222 valence electrons. The first kappa shape index (κ1) is 34.3. The topological polar surface area (TPSA) is 160 Å². The van der Waals surface area contributed by atoms with Crippen molar-refractivity contribution in [2.45, 2.75) is 76.6 Å². The Morgan fingerprint density at radius 2 is 1.64 bits per heavy atom. The number of Topliss-reactive ketones (excluding diaryl/α,β-unsaturated/α-hetero) is 2. The van der Waals surface area contributed by atoms with Crippen molar-refractivity contribution < 1.29 is 37.2 Å². The number of phosphoric ester groups is 1. The van der Waals surface area contributed by atoms with Gasteiger partial charge in [0, 0.05) is 28.5 Å². The number of ketones is 2. The number of hydrogen-bond donors (Lipinski definition) is 4. The molecule has 0 aromatic carbocycles. The molecule has 1 aliphatic heterocycles. The largest absolute Gasteiger partial charge is 0.476 e. The molecule has 0 radical (unpaired) electrons. The van der Waals surface area contributed by atoms with E-state index in [0.29, 0.717) is 0 Å². The number of halogens is 1. The number of carbonyl (C=O) groups is 2. The van der Waals surface area contributed by atoms with Crippen LogP contribution in [-0.4, -0.2) is 74.1 Å². The number of hydrogen-bond acceptors (Lipinski definition) is 13. The average molecular weight is 630 g/mol. The van der Waals surface area contributed by atoms with E-state index in [2.05, 4.69) is 30.2 Å². The third-order valence-electron chi connectivity index (χ3n) is 5.72. The molecule has 11 nitrogen and oxygen atoms in total. The maximum atomic E-state index is 15.0. The van der Waals surface area contributed by atoms with Crippen LogP contribution in [0.15, 0.2) is 17.1 Å². The van der Waals surface area contributed by atoms with Crippen LogP contribution < -0.4 is 11.4 Å². The summed E-state index contributed by atoms with van der Waals surface area (Å²) in [6.45, 7) is 9.28. The van der Waals surface area contributed by atoms with Gasteiger partial charge in [0.25, 0.3) is 0 Å². The minimum atomic E-state index is -4.70. The summed E-state index contributed by atoms with van der Waals surface area (Å²) in [4.78, 5) is 41.6. The number of anilines is 1. The second-order valence-corrected chi connectivity index (χ2v) is 14.7. The predicted molar refractivity (Wildman–Crippen MR) is 154 cm³/mol. The molecule has 39 heavy (non-hydrogen) atoms. The number of nitrogens with two attached hydrogens (primary N) is 1. The summed E-state index contributed by atoms with van der Waals surface area (Å²) in [6, 6.07) is 1.31. The maximum Gasteiger partial charge on any atom is 0.476 e. The highest BCUT2D eigenvalue weighted by atomic mass is 32.2. The summed E-state index contributed by atoms with van der Waals surface area (Å²) in [6.07, 6.45) is -4.94. The van der Waals surface area contributed by atoms with E-state index >= 15 is 4.39 Å². The van der Waals surface area contributed by atoms with Gasteiger partial charge in [-0.15, -0.1) is 11.8 Å². The van der Waals surface area contributed by atoms with Crippen LogP contribution in [0, 0.1) is 10.8 Å². The van der Waals surface area contributed by atoms with Crippen molar-refractivity contribution >= 4 is 62.2 Å². The van der Waals surface area contributed by atoms with E-state index in [9.17, 15) is 24.1 Å². The monoisotopic (exact) mass is 629 g/mol. The van der Waals surface area contributed by atoms with Crippen LogP contribution in [0.2, 0.25) is 0 Å². The molecule has 3 N–H and O–H groups in total. The molecule has 0 saturated carbocycles. The molecule has 1 aromatic heterocycles. The lowest BCUT2D eigenvalue weighted by Gasteiger charge is -2.30. The number of aromatic nitrogens is 2. The molecule has 1 fully saturated rings. The fourth-order valence-electron chi connectivity index (χ4n) is 3.54. The zero-order chi connectivity index (χ0) is 29.9. The van der Waals surface area contributed by atoms with Gasteiger partial charge in [-0.25, -0.2) is 13.8 Å². The van der Waals surface area contributed by atoms with Crippen molar-refractivity contribution in [1.29, 1.82) is 0 Å². The molecule has 0 unspecified atom stereocenters. The number of thioether (sulfide) groups is 1. The summed E-state index contributed by atoms with van der Waals surface area (Å²) in [5.41, 5.74) is 2.90. The molecule has 0 bridgehead atoms. The number of thiol groups is 2. The number of alkyl halides is 1. The molecule has 2 rings (SSSR count). The van der Waals surface area contributed by atoms with E-state index in [1.165, 1.54) is 12.3 Å². The molecule has 2 heterocycles. The van der Waals surface area contributed by atoms with Crippen molar-refractivity contribution in [2.75, 3.05) is 23.8 Å². The van der Waals surface area contributed by atoms with Crippen molar-refractivity contribution in [1.82, 2.24) is 9.55 Å². The normalized spacial score (nSPS) is 23.9. The van der Waals surface area contributed by atoms with Gasteiger partial charge in [-0.05, 0) is 6.07 Å². The van der Waals surface area contributed by atoms with Gasteiger partial charge in [0.2, 0.25) is 0 Å². The summed E-state index contributed by atoms with van der Waals surface area (Å²) in [5.74, 6) is -1.27. The first-order valence-corrected chi connectivity index (χ1v) is 15.8. The zero-order valence-corrected chi connectivity index (χ0v) is 26.1. The van der Waals surface area contributed by atoms with Gasteiger partial charge in [-0.1, -0.05) is 41.5 Å². The summed E-state index contributed by atoms with van der Waals surface area (Å²) in [5, 5.41) is 8.33. The number of aliphatic hydroxyl groups is 1. The van der Waals surface area contributed by atoms with E-state index in [1.807, 2.05) is 0 Å². The molecular formula is C23H37FN3O8PS3. The highest BCUT2D eigenvalue weighted by Crippen LogP contribution is 2.54. The van der Waals surface area contributed by atoms with E-state index in [4.69, 9.17) is 19.3 Å². The molecule has 0 aliphatic carbocycles. The first-order chi connectivity index (χ1) is 17.8. The van der Waals surface area contributed by atoms with E-state index < -0.39 is 77.6 Å².